The maximum absolute atomic E-state index is 12.6. The number of carbonyl (C=O) groups is 1. The molecule has 3 heterocycles. The average Bonchev–Trinajstić information content (AvgIpc) is 3.23. The third-order valence-corrected chi connectivity index (χ3v) is 5.53. The number of nitrogens with two attached hydrogens (primary N) is 1. The highest BCUT2D eigenvalue weighted by atomic mass is 16.5. The van der Waals surface area contributed by atoms with Gasteiger partial charge in [-0.2, -0.15) is 5.10 Å². The first-order valence-corrected chi connectivity index (χ1v) is 10.8. The van der Waals surface area contributed by atoms with Gasteiger partial charge in [-0.3, -0.25) is 9.48 Å². The maximum atomic E-state index is 12.6. The third-order valence-electron chi connectivity index (χ3n) is 5.53. The van der Waals surface area contributed by atoms with Gasteiger partial charge >= 0.3 is 0 Å². The molecule has 0 spiro atoms. The zero-order valence-electron chi connectivity index (χ0n) is 19.0. The second kappa shape index (κ2) is 9.55. The van der Waals surface area contributed by atoms with E-state index in [1.165, 1.54) is 12.4 Å². The van der Waals surface area contributed by atoms with Crippen molar-refractivity contribution in [1.29, 1.82) is 0 Å². The summed E-state index contributed by atoms with van der Waals surface area (Å²) in [6, 6.07) is 7.64. The Balaban J connectivity index is 1.66. The fourth-order valence-corrected chi connectivity index (χ4v) is 3.85. The number of hydrogen-bond donors (Lipinski definition) is 3. The van der Waals surface area contributed by atoms with Crippen LogP contribution in [0, 0.1) is 5.92 Å². The number of methoxy groups -OCH3 is 1. The molecule has 1 fully saturated rings. The SMILES string of the molecule is COc1cccc(C(n2cc(NC(=O)c3nccnc3N)cn2)C2(OCC(C)C)CNC2)c1. The molecule has 10 nitrogen and oxygen atoms in total. The number of rotatable bonds is 9. The fraction of sp³-hybridized carbons (Fsp3) is 0.391. The molecule has 1 amide bonds. The molecule has 10 heteroatoms. The van der Waals surface area contributed by atoms with Gasteiger partial charge in [0, 0.05) is 38.3 Å². The van der Waals surface area contributed by atoms with Gasteiger partial charge in [0.1, 0.15) is 17.4 Å². The summed E-state index contributed by atoms with van der Waals surface area (Å²) >= 11 is 0. The number of nitrogen functional groups attached to an aromatic ring is 1. The lowest BCUT2D eigenvalue weighted by atomic mass is 9.83. The van der Waals surface area contributed by atoms with E-state index in [0.29, 0.717) is 31.3 Å². The van der Waals surface area contributed by atoms with Crippen molar-refractivity contribution in [2.24, 2.45) is 5.92 Å². The van der Waals surface area contributed by atoms with Crippen molar-refractivity contribution in [2.45, 2.75) is 25.5 Å². The van der Waals surface area contributed by atoms with E-state index >= 15 is 0 Å². The summed E-state index contributed by atoms with van der Waals surface area (Å²) in [5.41, 5.74) is 6.88. The van der Waals surface area contributed by atoms with Crippen LogP contribution >= 0.6 is 0 Å². The number of anilines is 2. The van der Waals surface area contributed by atoms with Crippen molar-refractivity contribution in [3.8, 4) is 5.75 Å². The second-order valence-corrected chi connectivity index (χ2v) is 8.51. The number of nitrogens with zero attached hydrogens (tertiary/aromatic N) is 4. The molecule has 0 saturated carbocycles. The number of carbonyl (C=O) groups excluding carboxylic acids is 1. The van der Waals surface area contributed by atoms with E-state index in [4.69, 9.17) is 15.2 Å². The van der Waals surface area contributed by atoms with Gasteiger partial charge in [0.15, 0.2) is 11.5 Å². The summed E-state index contributed by atoms with van der Waals surface area (Å²) in [4.78, 5) is 20.6. The number of nitrogens with one attached hydrogen (secondary N) is 2. The van der Waals surface area contributed by atoms with Gasteiger partial charge in [-0.15, -0.1) is 0 Å². The maximum Gasteiger partial charge on any atom is 0.278 e. The van der Waals surface area contributed by atoms with Gasteiger partial charge < -0.3 is 25.8 Å². The van der Waals surface area contributed by atoms with Crippen LogP contribution in [0.1, 0.15) is 35.9 Å². The van der Waals surface area contributed by atoms with Crippen molar-refractivity contribution in [3.05, 3.63) is 60.3 Å². The molecule has 3 aromatic rings. The molecule has 33 heavy (non-hydrogen) atoms. The van der Waals surface area contributed by atoms with Crippen molar-refractivity contribution in [3.63, 3.8) is 0 Å². The Labute approximate surface area is 192 Å². The van der Waals surface area contributed by atoms with Crippen LogP contribution in [-0.4, -0.2) is 58.1 Å². The largest absolute Gasteiger partial charge is 0.497 e. The van der Waals surface area contributed by atoms with E-state index in [1.807, 2.05) is 28.9 Å². The summed E-state index contributed by atoms with van der Waals surface area (Å²) < 4.78 is 13.7. The molecule has 174 valence electrons. The van der Waals surface area contributed by atoms with Gasteiger partial charge in [-0.25, -0.2) is 9.97 Å². The standard InChI is InChI=1S/C23H29N7O3/c1-15(2)12-33-23(13-25-14-23)20(16-5-4-6-18(9-16)32-3)30-11-17(10-28-30)29-22(31)19-21(24)27-8-7-26-19/h4-11,15,20,25H,12-14H2,1-3H3,(H2,24,27)(H,29,31). The normalized spacial score (nSPS) is 15.6. The topological polar surface area (TPSA) is 129 Å². The molecule has 0 radical (unpaired) electrons. The monoisotopic (exact) mass is 451 g/mol. The summed E-state index contributed by atoms with van der Waals surface area (Å²) in [6.07, 6.45) is 6.24. The minimum absolute atomic E-state index is 0.0644. The second-order valence-electron chi connectivity index (χ2n) is 8.51. The predicted molar refractivity (Wildman–Crippen MR) is 124 cm³/mol. The molecule has 4 rings (SSSR count). The van der Waals surface area contributed by atoms with Crippen LogP contribution in [0.25, 0.3) is 0 Å². The lowest BCUT2D eigenvalue weighted by Gasteiger charge is -2.48. The van der Waals surface area contributed by atoms with Crippen LogP contribution in [0.5, 0.6) is 5.75 Å². The highest BCUT2D eigenvalue weighted by molar-refractivity contribution is 6.05. The number of aromatic nitrogens is 4. The molecule has 4 N–H and O–H groups in total. The third kappa shape index (κ3) is 4.81. The molecule has 1 saturated heterocycles. The zero-order valence-corrected chi connectivity index (χ0v) is 19.0. The summed E-state index contributed by atoms with van der Waals surface area (Å²) in [5, 5.41) is 10.7. The minimum Gasteiger partial charge on any atom is -0.497 e. The fourth-order valence-electron chi connectivity index (χ4n) is 3.85. The first kappa shape index (κ1) is 22.7. The van der Waals surface area contributed by atoms with E-state index in [-0.39, 0.29) is 17.6 Å². The van der Waals surface area contributed by atoms with Crippen LogP contribution in [0.2, 0.25) is 0 Å². The molecular weight excluding hydrogens is 422 g/mol. The van der Waals surface area contributed by atoms with Gasteiger partial charge in [0.25, 0.3) is 5.91 Å². The molecule has 0 aliphatic carbocycles. The van der Waals surface area contributed by atoms with Crippen molar-refractivity contribution in [2.75, 3.05) is 37.9 Å². The lowest BCUT2D eigenvalue weighted by Crippen LogP contribution is -2.65. The van der Waals surface area contributed by atoms with Gasteiger partial charge in [0.2, 0.25) is 0 Å². The molecule has 1 aliphatic rings. The van der Waals surface area contributed by atoms with E-state index in [1.54, 1.807) is 19.5 Å². The predicted octanol–water partition coefficient (Wildman–Crippen LogP) is 2.12. The number of benzene rings is 1. The van der Waals surface area contributed by atoms with E-state index in [9.17, 15) is 4.79 Å². The Bertz CT molecular complexity index is 1110. The van der Waals surface area contributed by atoms with Crippen LogP contribution in [0.15, 0.2) is 49.1 Å². The highest BCUT2D eigenvalue weighted by Gasteiger charge is 2.48. The average molecular weight is 452 g/mol. The van der Waals surface area contributed by atoms with Gasteiger partial charge in [-0.1, -0.05) is 26.0 Å². The molecule has 2 aromatic heterocycles. The van der Waals surface area contributed by atoms with Crippen molar-refractivity contribution < 1.29 is 14.3 Å². The number of hydrogen-bond acceptors (Lipinski definition) is 8. The van der Waals surface area contributed by atoms with Crippen LogP contribution in [0.4, 0.5) is 11.5 Å². The molecule has 1 unspecified atom stereocenters. The quantitative estimate of drug-likeness (QED) is 0.451. The first-order chi connectivity index (χ1) is 15.9. The van der Waals surface area contributed by atoms with E-state index < -0.39 is 11.5 Å². The summed E-state index contributed by atoms with van der Waals surface area (Å²) in [5.74, 6) is 0.758. The van der Waals surface area contributed by atoms with Crippen LogP contribution in [-0.2, 0) is 4.74 Å². The Morgan fingerprint density at radius 3 is 2.76 bits per heavy atom. The lowest BCUT2D eigenvalue weighted by molar-refractivity contribution is -0.115. The van der Waals surface area contributed by atoms with Crippen molar-refractivity contribution in [1.82, 2.24) is 25.1 Å². The molecular formula is C23H29N7O3. The number of ether oxygens (including phenoxy) is 2. The molecule has 0 bridgehead atoms. The minimum atomic E-state index is -0.487. The van der Waals surface area contributed by atoms with Gasteiger partial charge in [0.05, 0.1) is 19.0 Å². The van der Waals surface area contributed by atoms with Crippen molar-refractivity contribution >= 4 is 17.4 Å². The smallest absolute Gasteiger partial charge is 0.278 e. The molecule has 1 aliphatic heterocycles. The van der Waals surface area contributed by atoms with E-state index in [0.717, 1.165) is 11.3 Å². The van der Waals surface area contributed by atoms with Crippen LogP contribution in [0.3, 0.4) is 0 Å². The van der Waals surface area contributed by atoms with Crippen LogP contribution < -0.4 is 21.1 Å². The Hall–Kier alpha value is -3.50. The Morgan fingerprint density at radius 1 is 1.30 bits per heavy atom. The zero-order chi connectivity index (χ0) is 23.4. The summed E-state index contributed by atoms with van der Waals surface area (Å²) in [7, 11) is 1.64. The highest BCUT2D eigenvalue weighted by Crippen LogP contribution is 2.38. The van der Waals surface area contributed by atoms with Gasteiger partial charge in [-0.05, 0) is 23.6 Å². The van der Waals surface area contributed by atoms with E-state index in [2.05, 4.69) is 39.5 Å². The molecule has 1 atom stereocenters. The number of amides is 1. The Kier molecular flexibility index (Phi) is 6.57. The Morgan fingerprint density at radius 2 is 2.09 bits per heavy atom. The summed E-state index contributed by atoms with van der Waals surface area (Å²) in [6.45, 7) is 6.23. The molecule has 1 aromatic carbocycles. The first-order valence-electron chi connectivity index (χ1n) is 10.8.